The van der Waals surface area contributed by atoms with Crippen molar-refractivity contribution in [1.29, 1.82) is 0 Å². The van der Waals surface area contributed by atoms with Crippen LogP contribution in [0.5, 0.6) is 5.75 Å². The summed E-state index contributed by atoms with van der Waals surface area (Å²) in [5.41, 5.74) is 1.84. The van der Waals surface area contributed by atoms with Gasteiger partial charge in [-0.2, -0.15) is 0 Å². The molecule has 0 saturated carbocycles. The van der Waals surface area contributed by atoms with E-state index in [-0.39, 0.29) is 4.90 Å². The first-order chi connectivity index (χ1) is 12.4. The van der Waals surface area contributed by atoms with Gasteiger partial charge in [-0.25, -0.2) is 22.1 Å². The van der Waals surface area contributed by atoms with E-state index in [2.05, 4.69) is 4.98 Å². The van der Waals surface area contributed by atoms with Gasteiger partial charge in [0.25, 0.3) is 10.0 Å². The first-order valence-corrected chi connectivity index (χ1v) is 9.61. The summed E-state index contributed by atoms with van der Waals surface area (Å²) in [5, 5.41) is 0.932. The van der Waals surface area contributed by atoms with Crippen molar-refractivity contribution in [1.82, 2.24) is 4.98 Å². The Bertz CT molecular complexity index is 1130. The predicted octanol–water partition coefficient (Wildman–Crippen LogP) is 3.44. The molecule has 0 bridgehead atoms. The highest BCUT2D eigenvalue weighted by Gasteiger charge is 2.32. The third kappa shape index (κ3) is 2.59. The van der Waals surface area contributed by atoms with Crippen molar-refractivity contribution in [3.8, 4) is 5.75 Å². The van der Waals surface area contributed by atoms with E-state index >= 15 is 0 Å². The second-order valence-corrected chi connectivity index (χ2v) is 8.13. The van der Waals surface area contributed by atoms with Crippen LogP contribution in [0.1, 0.15) is 11.1 Å². The first-order valence-electron chi connectivity index (χ1n) is 8.17. The van der Waals surface area contributed by atoms with E-state index in [1.807, 2.05) is 18.2 Å². The van der Waals surface area contributed by atoms with Gasteiger partial charge in [-0.3, -0.25) is 0 Å². The van der Waals surface area contributed by atoms with Crippen molar-refractivity contribution in [2.24, 2.45) is 0 Å². The number of aryl methyl sites for hydroxylation is 1. The van der Waals surface area contributed by atoms with Crippen molar-refractivity contribution in [3.63, 3.8) is 0 Å². The molecule has 26 heavy (non-hydrogen) atoms. The van der Waals surface area contributed by atoms with Crippen LogP contribution >= 0.6 is 0 Å². The number of rotatable bonds is 3. The number of hydrogen-bond donors (Lipinski definition) is 0. The maximum Gasteiger partial charge on any atom is 0.265 e. The van der Waals surface area contributed by atoms with E-state index in [1.165, 1.54) is 22.5 Å². The van der Waals surface area contributed by atoms with E-state index in [4.69, 9.17) is 4.74 Å². The number of benzene rings is 2. The van der Waals surface area contributed by atoms with Gasteiger partial charge in [0.15, 0.2) is 0 Å². The largest absolute Gasteiger partial charge is 0.497 e. The van der Waals surface area contributed by atoms with Crippen LogP contribution in [0.4, 0.5) is 10.2 Å². The molecule has 0 N–H and O–H groups in total. The highest BCUT2D eigenvalue weighted by atomic mass is 32.2. The number of methoxy groups -OCH3 is 1. The number of nitrogens with zero attached hydrogens (tertiary/aromatic N) is 2. The number of fused-ring (bicyclic) bond motifs is 2. The molecule has 0 amide bonds. The lowest BCUT2D eigenvalue weighted by atomic mass is 10.1. The monoisotopic (exact) mass is 372 g/mol. The van der Waals surface area contributed by atoms with Crippen molar-refractivity contribution in [2.75, 3.05) is 18.0 Å². The topological polar surface area (TPSA) is 59.5 Å². The fourth-order valence-electron chi connectivity index (χ4n) is 3.17. The summed E-state index contributed by atoms with van der Waals surface area (Å²) in [4.78, 5) is 4.64. The van der Waals surface area contributed by atoms with Crippen LogP contribution in [-0.2, 0) is 16.4 Å². The third-order valence-corrected chi connectivity index (χ3v) is 6.40. The summed E-state index contributed by atoms with van der Waals surface area (Å²) >= 11 is 0. The van der Waals surface area contributed by atoms with Gasteiger partial charge < -0.3 is 4.74 Å². The fourth-order valence-corrected chi connectivity index (χ4v) is 4.71. The van der Waals surface area contributed by atoms with Crippen LogP contribution in [0, 0.1) is 12.7 Å². The van der Waals surface area contributed by atoms with Crippen molar-refractivity contribution < 1.29 is 17.5 Å². The SMILES string of the molecule is COc1ccc2cc3c(nc2c1)N(S(=O)(=O)c1ccc(F)c(C)c1)CC3. The van der Waals surface area contributed by atoms with E-state index in [9.17, 15) is 12.8 Å². The molecule has 3 aromatic rings. The first kappa shape index (κ1) is 16.8. The van der Waals surface area contributed by atoms with Crippen molar-refractivity contribution >= 4 is 26.7 Å². The van der Waals surface area contributed by atoms with E-state index < -0.39 is 15.8 Å². The quantitative estimate of drug-likeness (QED) is 0.707. The standard InChI is InChI=1S/C19H17FN2O3S/c1-12-9-16(5-6-17(12)20)26(23,24)22-8-7-14-10-13-3-4-15(25-2)11-18(13)21-19(14)22/h3-6,9-11H,7-8H2,1-2H3. The zero-order valence-corrected chi connectivity index (χ0v) is 15.2. The minimum absolute atomic E-state index is 0.0665. The average Bonchev–Trinajstić information content (AvgIpc) is 3.04. The highest BCUT2D eigenvalue weighted by Crippen LogP contribution is 2.34. The number of halogens is 1. The molecule has 0 saturated heterocycles. The third-order valence-electron chi connectivity index (χ3n) is 4.62. The molecule has 1 aromatic heterocycles. The van der Waals surface area contributed by atoms with E-state index in [0.29, 0.717) is 35.6 Å². The molecular formula is C19H17FN2O3S. The number of anilines is 1. The second-order valence-electron chi connectivity index (χ2n) is 6.27. The Morgan fingerprint density at radius 2 is 1.96 bits per heavy atom. The Kier molecular flexibility index (Phi) is 3.84. The van der Waals surface area contributed by atoms with Gasteiger partial charge in [0, 0.05) is 18.0 Å². The zero-order chi connectivity index (χ0) is 18.5. The Morgan fingerprint density at radius 1 is 1.15 bits per heavy atom. The van der Waals surface area contributed by atoms with E-state index in [1.54, 1.807) is 20.1 Å². The molecule has 1 aliphatic heterocycles. The molecule has 0 spiro atoms. The molecule has 0 atom stereocenters. The summed E-state index contributed by atoms with van der Waals surface area (Å²) in [7, 11) is -2.23. The molecule has 0 radical (unpaired) electrons. The van der Waals surface area contributed by atoms with Crippen molar-refractivity contribution in [2.45, 2.75) is 18.2 Å². The Morgan fingerprint density at radius 3 is 2.69 bits per heavy atom. The van der Waals surface area contributed by atoms with Gasteiger partial charge in [-0.1, -0.05) is 0 Å². The van der Waals surface area contributed by atoms with Gasteiger partial charge in [-0.05, 0) is 60.9 Å². The molecule has 2 aromatic carbocycles. The molecule has 134 valence electrons. The minimum Gasteiger partial charge on any atom is -0.497 e. The lowest BCUT2D eigenvalue weighted by Crippen LogP contribution is -2.29. The molecule has 4 rings (SSSR count). The molecule has 0 fully saturated rings. The van der Waals surface area contributed by atoms with Gasteiger partial charge in [0.05, 0.1) is 17.5 Å². The number of pyridine rings is 1. The molecule has 0 aliphatic carbocycles. The van der Waals surface area contributed by atoms with E-state index in [0.717, 1.165) is 10.9 Å². The Hall–Kier alpha value is -2.67. The second kappa shape index (κ2) is 5.95. The Balaban J connectivity index is 1.83. The predicted molar refractivity (Wildman–Crippen MR) is 97.7 cm³/mol. The maximum atomic E-state index is 13.5. The van der Waals surface area contributed by atoms with Crippen LogP contribution in [0.25, 0.3) is 10.9 Å². The highest BCUT2D eigenvalue weighted by molar-refractivity contribution is 7.92. The van der Waals surface area contributed by atoms with Crippen LogP contribution in [0.15, 0.2) is 47.4 Å². The normalized spacial score (nSPS) is 13.9. The minimum atomic E-state index is -3.80. The van der Waals surface area contributed by atoms with Crippen LogP contribution < -0.4 is 9.04 Å². The van der Waals surface area contributed by atoms with Crippen LogP contribution in [0.2, 0.25) is 0 Å². The van der Waals surface area contributed by atoms with Crippen LogP contribution in [0.3, 0.4) is 0 Å². The molecule has 2 heterocycles. The molecule has 0 unspecified atom stereocenters. The molecule has 1 aliphatic rings. The smallest absolute Gasteiger partial charge is 0.265 e. The fraction of sp³-hybridized carbons (Fsp3) is 0.211. The zero-order valence-electron chi connectivity index (χ0n) is 14.4. The maximum absolute atomic E-state index is 13.5. The molecule has 7 heteroatoms. The lowest BCUT2D eigenvalue weighted by molar-refractivity contribution is 0.415. The summed E-state index contributed by atoms with van der Waals surface area (Å²) in [5.74, 6) is 0.654. The van der Waals surface area contributed by atoms with Gasteiger partial charge in [0.2, 0.25) is 0 Å². The number of sulfonamides is 1. The van der Waals surface area contributed by atoms with Gasteiger partial charge in [0.1, 0.15) is 17.4 Å². The average molecular weight is 372 g/mol. The number of hydrogen-bond acceptors (Lipinski definition) is 4. The Labute approximate surface area is 151 Å². The lowest BCUT2D eigenvalue weighted by Gasteiger charge is -2.19. The molecular weight excluding hydrogens is 355 g/mol. The summed E-state index contributed by atoms with van der Waals surface area (Å²) < 4.78 is 46.2. The van der Waals surface area contributed by atoms with Crippen molar-refractivity contribution in [3.05, 3.63) is 59.4 Å². The van der Waals surface area contributed by atoms with Gasteiger partial charge >= 0.3 is 0 Å². The summed E-state index contributed by atoms with van der Waals surface area (Å²) in [6, 6.07) is 11.3. The van der Waals surface area contributed by atoms with Gasteiger partial charge in [-0.15, -0.1) is 0 Å². The number of ether oxygens (including phenoxy) is 1. The summed E-state index contributed by atoms with van der Waals surface area (Å²) in [6.07, 6.45) is 0.587. The molecule has 5 nitrogen and oxygen atoms in total. The van der Waals surface area contributed by atoms with Crippen LogP contribution in [-0.4, -0.2) is 27.1 Å². The summed E-state index contributed by atoms with van der Waals surface area (Å²) in [6.45, 7) is 1.86. The number of aromatic nitrogens is 1.